The number of amides is 1. The van der Waals surface area contributed by atoms with Crippen LogP contribution < -0.4 is 5.32 Å². The van der Waals surface area contributed by atoms with Crippen LogP contribution in [-0.4, -0.2) is 54.5 Å². The van der Waals surface area contributed by atoms with Crippen molar-refractivity contribution in [2.75, 3.05) is 32.7 Å². The Morgan fingerprint density at radius 2 is 2.00 bits per heavy atom. The second-order valence-electron chi connectivity index (χ2n) is 6.77. The number of nitrogens with zero attached hydrogens (tertiary/aromatic N) is 2. The van der Waals surface area contributed by atoms with E-state index in [2.05, 4.69) is 28.1 Å². The summed E-state index contributed by atoms with van der Waals surface area (Å²) in [7, 11) is 0. The SMILES string of the molecule is C[C@H]1C[C@@H](C(=O)N2CCN(Cc3ccccc3Cl)CC2)CCN1. The third-order valence-corrected chi connectivity index (χ3v) is 5.38. The second-order valence-corrected chi connectivity index (χ2v) is 7.18. The zero-order chi connectivity index (χ0) is 16.2. The number of hydrogen-bond acceptors (Lipinski definition) is 3. The van der Waals surface area contributed by atoms with Gasteiger partial charge in [-0.2, -0.15) is 0 Å². The Morgan fingerprint density at radius 1 is 1.26 bits per heavy atom. The highest BCUT2D eigenvalue weighted by Gasteiger charge is 2.30. The lowest BCUT2D eigenvalue weighted by Gasteiger charge is -2.38. The first-order valence-corrected chi connectivity index (χ1v) is 8.99. The van der Waals surface area contributed by atoms with E-state index < -0.39 is 0 Å². The van der Waals surface area contributed by atoms with Crippen LogP contribution in [0.4, 0.5) is 0 Å². The summed E-state index contributed by atoms with van der Waals surface area (Å²) in [4.78, 5) is 17.1. The molecule has 5 heteroatoms. The molecule has 23 heavy (non-hydrogen) atoms. The maximum Gasteiger partial charge on any atom is 0.225 e. The smallest absolute Gasteiger partial charge is 0.225 e. The van der Waals surface area contributed by atoms with E-state index in [9.17, 15) is 4.79 Å². The molecule has 0 radical (unpaired) electrons. The van der Waals surface area contributed by atoms with Gasteiger partial charge in [0.05, 0.1) is 0 Å². The van der Waals surface area contributed by atoms with Crippen LogP contribution in [0.15, 0.2) is 24.3 Å². The van der Waals surface area contributed by atoms with Gasteiger partial charge >= 0.3 is 0 Å². The number of benzene rings is 1. The molecule has 4 nitrogen and oxygen atoms in total. The topological polar surface area (TPSA) is 35.6 Å². The van der Waals surface area contributed by atoms with Crippen LogP contribution in [0, 0.1) is 5.92 Å². The van der Waals surface area contributed by atoms with Crippen LogP contribution in [0.2, 0.25) is 5.02 Å². The Hall–Kier alpha value is -1.10. The number of nitrogens with one attached hydrogen (secondary N) is 1. The fourth-order valence-corrected chi connectivity index (χ4v) is 3.80. The summed E-state index contributed by atoms with van der Waals surface area (Å²) in [5, 5.41) is 4.25. The van der Waals surface area contributed by atoms with Crippen LogP contribution in [0.1, 0.15) is 25.3 Å². The van der Waals surface area contributed by atoms with Crippen LogP contribution in [0.3, 0.4) is 0 Å². The summed E-state index contributed by atoms with van der Waals surface area (Å²) >= 11 is 6.24. The predicted molar refractivity (Wildman–Crippen MR) is 93.5 cm³/mol. The average Bonchev–Trinajstić information content (AvgIpc) is 2.57. The summed E-state index contributed by atoms with van der Waals surface area (Å²) < 4.78 is 0. The summed E-state index contributed by atoms with van der Waals surface area (Å²) in [5.41, 5.74) is 1.17. The summed E-state index contributed by atoms with van der Waals surface area (Å²) in [6.07, 6.45) is 1.95. The number of carbonyl (C=O) groups is 1. The highest BCUT2D eigenvalue weighted by molar-refractivity contribution is 6.31. The van der Waals surface area contributed by atoms with E-state index in [1.54, 1.807) is 0 Å². The van der Waals surface area contributed by atoms with Crippen LogP contribution in [0.25, 0.3) is 0 Å². The number of halogens is 1. The van der Waals surface area contributed by atoms with Crippen LogP contribution in [0.5, 0.6) is 0 Å². The molecule has 0 spiro atoms. The highest BCUT2D eigenvalue weighted by atomic mass is 35.5. The quantitative estimate of drug-likeness (QED) is 0.921. The zero-order valence-corrected chi connectivity index (χ0v) is 14.6. The van der Waals surface area contributed by atoms with Gasteiger partial charge in [0.2, 0.25) is 5.91 Å². The minimum atomic E-state index is 0.210. The number of rotatable bonds is 3. The Kier molecular flexibility index (Phi) is 5.57. The molecule has 0 bridgehead atoms. The van der Waals surface area contributed by atoms with E-state index in [0.29, 0.717) is 11.9 Å². The molecule has 126 valence electrons. The molecule has 1 aromatic rings. The Bertz CT molecular complexity index is 543. The van der Waals surface area contributed by atoms with Gasteiger partial charge in [-0.05, 0) is 37.9 Å². The summed E-state index contributed by atoms with van der Waals surface area (Å²) in [6.45, 7) is 7.52. The third-order valence-electron chi connectivity index (χ3n) is 5.01. The molecular formula is C18H26ClN3O. The number of piperazine rings is 1. The van der Waals surface area contributed by atoms with E-state index in [-0.39, 0.29) is 5.92 Å². The Labute approximate surface area is 143 Å². The lowest BCUT2D eigenvalue weighted by Crippen LogP contribution is -2.51. The summed E-state index contributed by atoms with van der Waals surface area (Å²) in [5.74, 6) is 0.567. The van der Waals surface area contributed by atoms with Gasteiger partial charge in [0, 0.05) is 49.7 Å². The van der Waals surface area contributed by atoms with Crippen LogP contribution in [-0.2, 0) is 11.3 Å². The standard InChI is InChI=1S/C18H26ClN3O/c1-14-12-15(6-7-20-14)18(23)22-10-8-21(9-11-22)13-16-4-2-3-5-17(16)19/h2-5,14-15,20H,6-13H2,1H3/t14-,15-/m0/s1. The van der Waals surface area contributed by atoms with Crippen molar-refractivity contribution in [3.05, 3.63) is 34.9 Å². The molecule has 2 fully saturated rings. The lowest BCUT2D eigenvalue weighted by atomic mass is 9.92. The molecule has 1 amide bonds. The molecule has 0 aromatic heterocycles. The van der Waals surface area contributed by atoms with Gasteiger partial charge in [0.25, 0.3) is 0 Å². The summed E-state index contributed by atoms with van der Waals surface area (Å²) in [6, 6.07) is 8.46. The fourth-order valence-electron chi connectivity index (χ4n) is 3.61. The molecule has 3 rings (SSSR count). The van der Waals surface area contributed by atoms with Crippen molar-refractivity contribution in [1.29, 1.82) is 0 Å². The van der Waals surface area contributed by atoms with Crippen molar-refractivity contribution in [3.63, 3.8) is 0 Å². The van der Waals surface area contributed by atoms with Gasteiger partial charge < -0.3 is 10.2 Å². The molecule has 2 heterocycles. The van der Waals surface area contributed by atoms with Gasteiger partial charge in [-0.25, -0.2) is 0 Å². The highest BCUT2D eigenvalue weighted by Crippen LogP contribution is 2.21. The molecule has 0 saturated carbocycles. The molecule has 1 N–H and O–H groups in total. The molecule has 2 aliphatic heterocycles. The largest absolute Gasteiger partial charge is 0.340 e. The number of piperidine rings is 1. The Morgan fingerprint density at radius 3 is 2.70 bits per heavy atom. The normalized spacial score (nSPS) is 26.3. The first-order valence-electron chi connectivity index (χ1n) is 8.61. The van der Waals surface area contributed by atoms with E-state index in [1.165, 1.54) is 5.56 Å². The first-order chi connectivity index (χ1) is 11.1. The minimum absolute atomic E-state index is 0.210. The molecule has 2 saturated heterocycles. The Balaban J connectivity index is 1.50. The number of hydrogen-bond donors (Lipinski definition) is 1. The fraction of sp³-hybridized carbons (Fsp3) is 0.611. The van der Waals surface area contributed by atoms with Crippen molar-refractivity contribution < 1.29 is 4.79 Å². The van der Waals surface area contributed by atoms with Gasteiger partial charge in [-0.1, -0.05) is 29.8 Å². The van der Waals surface area contributed by atoms with Crippen LogP contribution >= 0.6 is 11.6 Å². The van der Waals surface area contributed by atoms with E-state index in [4.69, 9.17) is 11.6 Å². The lowest BCUT2D eigenvalue weighted by molar-refractivity contribution is -0.138. The molecule has 2 aliphatic rings. The van der Waals surface area contributed by atoms with Gasteiger partial charge in [-0.3, -0.25) is 9.69 Å². The van der Waals surface area contributed by atoms with E-state index in [0.717, 1.165) is 57.1 Å². The van der Waals surface area contributed by atoms with E-state index >= 15 is 0 Å². The van der Waals surface area contributed by atoms with Gasteiger partial charge in [0.1, 0.15) is 0 Å². The van der Waals surface area contributed by atoms with Gasteiger partial charge in [-0.15, -0.1) is 0 Å². The molecular weight excluding hydrogens is 310 g/mol. The molecule has 1 aromatic carbocycles. The molecule has 0 aliphatic carbocycles. The van der Waals surface area contributed by atoms with Gasteiger partial charge in [0.15, 0.2) is 0 Å². The number of carbonyl (C=O) groups excluding carboxylic acids is 1. The second kappa shape index (κ2) is 7.65. The maximum absolute atomic E-state index is 12.7. The molecule has 0 unspecified atom stereocenters. The first kappa shape index (κ1) is 16.7. The zero-order valence-electron chi connectivity index (χ0n) is 13.8. The third kappa shape index (κ3) is 4.25. The molecule has 2 atom stereocenters. The maximum atomic E-state index is 12.7. The van der Waals surface area contributed by atoms with Crippen molar-refractivity contribution >= 4 is 17.5 Å². The van der Waals surface area contributed by atoms with Crippen molar-refractivity contribution in [1.82, 2.24) is 15.1 Å². The van der Waals surface area contributed by atoms with Crippen molar-refractivity contribution in [3.8, 4) is 0 Å². The van der Waals surface area contributed by atoms with Crippen molar-refractivity contribution in [2.45, 2.75) is 32.4 Å². The monoisotopic (exact) mass is 335 g/mol. The van der Waals surface area contributed by atoms with E-state index in [1.807, 2.05) is 18.2 Å². The van der Waals surface area contributed by atoms with Crippen molar-refractivity contribution in [2.24, 2.45) is 5.92 Å². The minimum Gasteiger partial charge on any atom is -0.340 e. The predicted octanol–water partition coefficient (Wildman–Crippen LogP) is 2.37. The average molecular weight is 336 g/mol.